The van der Waals surface area contributed by atoms with Gasteiger partial charge >= 0.3 is 15.6 Å². The largest absolute Gasteiger partial charge is 0.534 e. The van der Waals surface area contributed by atoms with Crippen molar-refractivity contribution in [2.75, 3.05) is 20.3 Å². The molecule has 1 saturated heterocycles. The summed E-state index contributed by atoms with van der Waals surface area (Å²) in [7, 11) is -4.54. The van der Waals surface area contributed by atoms with E-state index in [-0.39, 0.29) is 22.8 Å². The molecule has 0 saturated carbocycles. The van der Waals surface area contributed by atoms with Gasteiger partial charge in [-0.15, -0.1) is 0 Å². The van der Waals surface area contributed by atoms with Gasteiger partial charge in [0.05, 0.1) is 37.2 Å². The Bertz CT molecular complexity index is 980. The number of nitrogens with zero attached hydrogens (tertiary/aromatic N) is 2. The lowest BCUT2D eigenvalue weighted by Crippen LogP contribution is -2.28. The van der Waals surface area contributed by atoms with Crippen LogP contribution in [0.15, 0.2) is 24.4 Å². The summed E-state index contributed by atoms with van der Waals surface area (Å²) < 4.78 is 80.0. The van der Waals surface area contributed by atoms with Crippen LogP contribution in [0.2, 0.25) is 5.02 Å². The van der Waals surface area contributed by atoms with Gasteiger partial charge in [-0.1, -0.05) is 23.7 Å². The predicted molar refractivity (Wildman–Crippen MR) is 89.3 cm³/mol. The monoisotopic (exact) mass is 440 g/mol. The van der Waals surface area contributed by atoms with Crippen molar-refractivity contribution < 1.29 is 40.0 Å². The molecule has 8 nitrogen and oxygen atoms in total. The predicted octanol–water partition coefficient (Wildman–Crippen LogP) is 3.08. The van der Waals surface area contributed by atoms with Crippen LogP contribution in [0, 0.1) is 0 Å². The van der Waals surface area contributed by atoms with E-state index in [9.17, 15) is 21.6 Å². The van der Waals surface area contributed by atoms with Crippen LogP contribution in [0.3, 0.4) is 0 Å². The summed E-state index contributed by atoms with van der Waals surface area (Å²) >= 11 is 6.05. The lowest BCUT2D eigenvalue weighted by atomic mass is 10.1. The van der Waals surface area contributed by atoms with Crippen LogP contribution in [0.25, 0.3) is 11.3 Å². The molecule has 0 spiro atoms. The van der Waals surface area contributed by atoms with Crippen molar-refractivity contribution in [1.82, 2.24) is 9.97 Å². The van der Waals surface area contributed by atoms with Gasteiger partial charge < -0.3 is 18.4 Å². The van der Waals surface area contributed by atoms with Crippen molar-refractivity contribution in [3.8, 4) is 22.9 Å². The first-order valence-electron chi connectivity index (χ1n) is 7.58. The smallest absolute Gasteiger partial charge is 0.480 e. The minimum atomic E-state index is -5.88. The summed E-state index contributed by atoms with van der Waals surface area (Å²) in [6.07, 6.45) is 0.505. The number of hydrogen-bond acceptors (Lipinski definition) is 8. The summed E-state index contributed by atoms with van der Waals surface area (Å²) in [4.78, 5) is 8.35. The number of benzene rings is 1. The van der Waals surface area contributed by atoms with Crippen molar-refractivity contribution in [1.29, 1.82) is 0 Å². The van der Waals surface area contributed by atoms with E-state index in [1.165, 1.54) is 25.4 Å². The first-order valence-corrected chi connectivity index (χ1v) is 9.36. The zero-order valence-corrected chi connectivity index (χ0v) is 15.6. The molecule has 152 valence electrons. The van der Waals surface area contributed by atoms with Crippen LogP contribution in [0.1, 0.15) is 12.0 Å². The topological polar surface area (TPSA) is 96.8 Å². The standard InChI is InChI=1S/C15H12ClF3N2O6S/c1-24-13-12(14-25-5-6-26-14)20-7-9(21-13)8-3-2-4-10(11(8)16)27-28(22,23)15(17,18)19/h2-4,7,14H,5-6H2,1H3. The molecule has 28 heavy (non-hydrogen) atoms. The van der Waals surface area contributed by atoms with E-state index < -0.39 is 32.7 Å². The molecule has 0 bridgehead atoms. The Morgan fingerprint density at radius 1 is 1.25 bits per heavy atom. The minimum absolute atomic E-state index is 0.0506. The third kappa shape index (κ3) is 3.99. The highest BCUT2D eigenvalue weighted by Crippen LogP contribution is 2.38. The fourth-order valence-corrected chi connectivity index (χ4v) is 3.05. The van der Waals surface area contributed by atoms with Crippen LogP contribution in [-0.2, 0) is 19.6 Å². The Morgan fingerprint density at radius 3 is 2.54 bits per heavy atom. The van der Waals surface area contributed by atoms with Crippen molar-refractivity contribution >= 4 is 21.7 Å². The number of rotatable bonds is 5. The molecule has 3 rings (SSSR count). The Kier molecular flexibility index (Phi) is 5.66. The molecule has 1 aliphatic rings. The Labute approximate surface area is 162 Å². The second-order valence-electron chi connectivity index (χ2n) is 5.32. The molecule has 0 amide bonds. The van der Waals surface area contributed by atoms with E-state index in [0.29, 0.717) is 13.2 Å². The number of halogens is 4. The molecule has 0 atom stereocenters. The maximum atomic E-state index is 12.5. The average Bonchev–Trinajstić information content (AvgIpc) is 3.16. The summed E-state index contributed by atoms with van der Waals surface area (Å²) in [6, 6.07) is 3.64. The van der Waals surface area contributed by atoms with Crippen LogP contribution in [-0.4, -0.2) is 44.2 Å². The number of methoxy groups -OCH3 is 1. The van der Waals surface area contributed by atoms with Crippen molar-refractivity contribution in [2.45, 2.75) is 11.8 Å². The van der Waals surface area contributed by atoms with Crippen molar-refractivity contribution in [3.05, 3.63) is 35.1 Å². The minimum Gasteiger partial charge on any atom is -0.480 e. The van der Waals surface area contributed by atoms with Gasteiger partial charge in [-0.3, -0.25) is 0 Å². The van der Waals surface area contributed by atoms with E-state index >= 15 is 0 Å². The van der Waals surface area contributed by atoms with Gasteiger partial charge in [-0.05, 0) is 6.07 Å². The molecule has 0 aliphatic carbocycles. The van der Waals surface area contributed by atoms with E-state index in [4.69, 9.17) is 25.8 Å². The molecule has 2 aromatic rings. The molecular weight excluding hydrogens is 429 g/mol. The van der Waals surface area contributed by atoms with Gasteiger partial charge in [0, 0.05) is 5.56 Å². The number of aromatic nitrogens is 2. The zero-order chi connectivity index (χ0) is 20.5. The molecular formula is C15H12ClF3N2O6S. The third-order valence-corrected chi connectivity index (χ3v) is 4.88. The Hall–Kier alpha value is -2.15. The quantitative estimate of drug-likeness (QED) is 0.517. The molecule has 1 aromatic heterocycles. The molecule has 1 aromatic carbocycles. The van der Waals surface area contributed by atoms with Gasteiger partial charge in [0.25, 0.3) is 0 Å². The maximum Gasteiger partial charge on any atom is 0.534 e. The first-order chi connectivity index (χ1) is 13.1. The van der Waals surface area contributed by atoms with Crippen LogP contribution >= 0.6 is 11.6 Å². The third-order valence-electron chi connectivity index (χ3n) is 3.53. The molecule has 0 radical (unpaired) electrons. The van der Waals surface area contributed by atoms with Crippen molar-refractivity contribution in [2.24, 2.45) is 0 Å². The first kappa shape index (κ1) is 20.6. The van der Waals surface area contributed by atoms with Gasteiger partial charge in [0.1, 0.15) is 0 Å². The van der Waals surface area contributed by atoms with Gasteiger partial charge in [-0.2, -0.15) is 21.6 Å². The van der Waals surface area contributed by atoms with E-state index in [1.807, 2.05) is 0 Å². The fraction of sp³-hybridized carbons (Fsp3) is 0.333. The molecule has 2 heterocycles. The Morgan fingerprint density at radius 2 is 1.93 bits per heavy atom. The number of hydrogen-bond donors (Lipinski definition) is 0. The van der Waals surface area contributed by atoms with E-state index in [0.717, 1.165) is 6.07 Å². The second kappa shape index (κ2) is 7.70. The Balaban J connectivity index is 1.98. The normalized spacial score (nSPS) is 15.6. The number of ether oxygens (including phenoxy) is 3. The molecule has 0 N–H and O–H groups in total. The van der Waals surface area contributed by atoms with Crippen LogP contribution < -0.4 is 8.92 Å². The molecule has 1 fully saturated rings. The van der Waals surface area contributed by atoms with Crippen LogP contribution in [0.5, 0.6) is 11.6 Å². The highest BCUT2D eigenvalue weighted by Gasteiger charge is 2.48. The highest BCUT2D eigenvalue weighted by molar-refractivity contribution is 7.88. The summed E-state index contributed by atoms with van der Waals surface area (Å²) in [5.41, 5.74) is -5.13. The zero-order valence-electron chi connectivity index (χ0n) is 14.1. The lowest BCUT2D eigenvalue weighted by molar-refractivity contribution is -0.0501. The lowest BCUT2D eigenvalue weighted by Gasteiger charge is -2.14. The average molecular weight is 441 g/mol. The molecule has 1 aliphatic heterocycles. The van der Waals surface area contributed by atoms with Crippen molar-refractivity contribution in [3.63, 3.8) is 0 Å². The molecule has 13 heteroatoms. The van der Waals surface area contributed by atoms with Gasteiger partial charge in [0.15, 0.2) is 11.4 Å². The van der Waals surface area contributed by atoms with Crippen LogP contribution in [0.4, 0.5) is 13.2 Å². The fourth-order valence-electron chi connectivity index (χ4n) is 2.28. The number of alkyl halides is 3. The van der Waals surface area contributed by atoms with Gasteiger partial charge in [0.2, 0.25) is 12.2 Å². The second-order valence-corrected chi connectivity index (χ2v) is 7.24. The van der Waals surface area contributed by atoms with Gasteiger partial charge in [-0.25, -0.2) is 9.97 Å². The summed E-state index contributed by atoms with van der Waals surface area (Å²) in [5.74, 6) is -0.654. The van der Waals surface area contributed by atoms with E-state index in [1.54, 1.807) is 0 Å². The molecule has 0 unspecified atom stereocenters. The highest BCUT2D eigenvalue weighted by atomic mass is 35.5. The van der Waals surface area contributed by atoms with E-state index in [2.05, 4.69) is 14.2 Å². The maximum absolute atomic E-state index is 12.5. The summed E-state index contributed by atoms with van der Waals surface area (Å²) in [6.45, 7) is 0.742. The SMILES string of the molecule is COc1nc(-c2cccc(OS(=O)(=O)C(F)(F)F)c2Cl)cnc1C1OCCO1. The summed E-state index contributed by atoms with van der Waals surface area (Å²) in [5, 5.41) is -0.396.